The van der Waals surface area contributed by atoms with Crippen molar-refractivity contribution in [3.8, 4) is 5.75 Å². The molecule has 4 nitrogen and oxygen atoms in total. The smallest absolute Gasteiger partial charge is 0.160 e. The Morgan fingerprint density at radius 2 is 2.28 bits per heavy atom. The van der Waals surface area contributed by atoms with Crippen LogP contribution < -0.4 is 15.0 Å². The Morgan fingerprint density at radius 1 is 1.44 bits per heavy atom. The van der Waals surface area contributed by atoms with Gasteiger partial charge in [-0.1, -0.05) is 0 Å². The van der Waals surface area contributed by atoms with Gasteiger partial charge >= 0.3 is 0 Å². The zero-order valence-electron chi connectivity index (χ0n) is 11.3. The molecule has 3 rings (SSSR count). The fourth-order valence-corrected chi connectivity index (χ4v) is 3.40. The van der Waals surface area contributed by atoms with Crippen LogP contribution in [0, 0.1) is 18.8 Å². The molecule has 98 valence electrons. The van der Waals surface area contributed by atoms with Gasteiger partial charge in [0.05, 0.1) is 19.0 Å². The minimum Gasteiger partial charge on any atom is -0.493 e. The zero-order chi connectivity index (χ0) is 12.7. The minimum absolute atomic E-state index is 0.570. The lowest BCUT2D eigenvalue weighted by molar-refractivity contribution is 0.410. The average molecular weight is 247 g/mol. The molecule has 0 radical (unpaired) electrons. The van der Waals surface area contributed by atoms with Gasteiger partial charge in [-0.2, -0.15) is 0 Å². The summed E-state index contributed by atoms with van der Waals surface area (Å²) in [5.74, 6) is 2.43. The second-order valence-electron chi connectivity index (χ2n) is 5.47. The molecule has 2 fully saturated rings. The number of hydrogen-bond acceptors (Lipinski definition) is 4. The molecule has 0 aliphatic carbocycles. The molecule has 3 atom stereocenters. The third kappa shape index (κ3) is 1.75. The minimum atomic E-state index is 0.570. The number of fused-ring (bicyclic) bond motifs is 1. The number of nitrogens with zero attached hydrogens (tertiary/aromatic N) is 2. The van der Waals surface area contributed by atoms with Crippen molar-refractivity contribution in [2.45, 2.75) is 19.9 Å². The molecule has 0 amide bonds. The first-order chi connectivity index (χ1) is 8.70. The van der Waals surface area contributed by atoms with Crippen LogP contribution in [0.4, 0.5) is 5.69 Å². The molecule has 1 aromatic rings. The Morgan fingerprint density at radius 3 is 3.00 bits per heavy atom. The molecule has 4 heteroatoms. The molecule has 18 heavy (non-hydrogen) atoms. The Balaban J connectivity index is 1.93. The maximum atomic E-state index is 5.46. The molecule has 0 aromatic carbocycles. The summed E-state index contributed by atoms with van der Waals surface area (Å²) in [6, 6.07) is 2.71. The SMILES string of the molecule is COc1cnc(C)cc1N1CC2CNCC2C1C. The summed E-state index contributed by atoms with van der Waals surface area (Å²) in [7, 11) is 1.72. The molecule has 3 unspecified atom stereocenters. The van der Waals surface area contributed by atoms with Crippen LogP contribution in [0.15, 0.2) is 12.3 Å². The molecule has 0 spiro atoms. The van der Waals surface area contributed by atoms with Crippen LogP contribution in [-0.4, -0.2) is 37.8 Å². The average Bonchev–Trinajstić information content (AvgIpc) is 2.93. The summed E-state index contributed by atoms with van der Waals surface area (Å²) in [6.45, 7) is 7.78. The molecule has 0 bridgehead atoms. The highest BCUT2D eigenvalue weighted by molar-refractivity contribution is 5.60. The van der Waals surface area contributed by atoms with E-state index >= 15 is 0 Å². The van der Waals surface area contributed by atoms with E-state index in [1.165, 1.54) is 5.69 Å². The van der Waals surface area contributed by atoms with E-state index in [1.807, 2.05) is 13.1 Å². The van der Waals surface area contributed by atoms with Gasteiger partial charge in [0, 0.05) is 31.4 Å². The number of methoxy groups -OCH3 is 1. The Bertz CT molecular complexity index is 449. The van der Waals surface area contributed by atoms with Crippen LogP contribution in [0.5, 0.6) is 5.75 Å². The van der Waals surface area contributed by atoms with Crippen molar-refractivity contribution in [1.29, 1.82) is 0 Å². The number of nitrogens with one attached hydrogen (secondary N) is 1. The monoisotopic (exact) mass is 247 g/mol. The van der Waals surface area contributed by atoms with Crippen molar-refractivity contribution in [2.75, 3.05) is 31.6 Å². The third-order valence-electron chi connectivity index (χ3n) is 4.45. The van der Waals surface area contributed by atoms with Gasteiger partial charge in [0.2, 0.25) is 0 Å². The highest BCUT2D eigenvalue weighted by atomic mass is 16.5. The van der Waals surface area contributed by atoms with Crippen LogP contribution in [-0.2, 0) is 0 Å². The Labute approximate surface area is 108 Å². The number of aromatic nitrogens is 1. The van der Waals surface area contributed by atoms with Gasteiger partial charge < -0.3 is 15.0 Å². The molecule has 2 aliphatic rings. The van der Waals surface area contributed by atoms with Gasteiger partial charge in [-0.05, 0) is 31.7 Å². The van der Waals surface area contributed by atoms with E-state index in [-0.39, 0.29) is 0 Å². The van der Waals surface area contributed by atoms with Crippen LogP contribution in [0.2, 0.25) is 0 Å². The van der Waals surface area contributed by atoms with E-state index in [0.717, 1.165) is 42.9 Å². The quantitative estimate of drug-likeness (QED) is 0.858. The summed E-state index contributed by atoms with van der Waals surface area (Å²) in [5.41, 5.74) is 2.25. The lowest BCUT2D eigenvalue weighted by Gasteiger charge is -2.28. The van der Waals surface area contributed by atoms with Gasteiger partial charge in [0.25, 0.3) is 0 Å². The van der Waals surface area contributed by atoms with Gasteiger partial charge in [0.15, 0.2) is 5.75 Å². The predicted octanol–water partition coefficient (Wildman–Crippen LogP) is 1.44. The lowest BCUT2D eigenvalue weighted by atomic mass is 9.95. The molecule has 0 saturated carbocycles. The maximum absolute atomic E-state index is 5.46. The highest BCUT2D eigenvalue weighted by Gasteiger charge is 2.42. The first kappa shape index (κ1) is 11.8. The van der Waals surface area contributed by atoms with E-state index in [1.54, 1.807) is 7.11 Å². The summed E-state index contributed by atoms with van der Waals surface area (Å²) in [4.78, 5) is 6.81. The molecule has 1 N–H and O–H groups in total. The van der Waals surface area contributed by atoms with Crippen LogP contribution in [0.1, 0.15) is 12.6 Å². The maximum Gasteiger partial charge on any atom is 0.160 e. The van der Waals surface area contributed by atoms with Crippen molar-refractivity contribution in [2.24, 2.45) is 11.8 Å². The van der Waals surface area contributed by atoms with Crippen LogP contribution in [0.3, 0.4) is 0 Å². The largest absolute Gasteiger partial charge is 0.493 e. The van der Waals surface area contributed by atoms with Crippen molar-refractivity contribution >= 4 is 5.69 Å². The molecule has 3 heterocycles. The number of rotatable bonds is 2. The van der Waals surface area contributed by atoms with E-state index in [9.17, 15) is 0 Å². The number of ether oxygens (including phenoxy) is 1. The summed E-state index contributed by atoms with van der Waals surface area (Å²) >= 11 is 0. The predicted molar refractivity (Wildman–Crippen MR) is 72.2 cm³/mol. The van der Waals surface area contributed by atoms with E-state index in [0.29, 0.717) is 6.04 Å². The molecular weight excluding hydrogens is 226 g/mol. The second-order valence-corrected chi connectivity index (χ2v) is 5.47. The van der Waals surface area contributed by atoms with Crippen molar-refractivity contribution in [3.63, 3.8) is 0 Å². The van der Waals surface area contributed by atoms with E-state index in [4.69, 9.17) is 4.74 Å². The summed E-state index contributed by atoms with van der Waals surface area (Å²) in [6.07, 6.45) is 1.84. The van der Waals surface area contributed by atoms with Crippen molar-refractivity contribution in [3.05, 3.63) is 18.0 Å². The standard InChI is InChI=1S/C14H21N3O/c1-9-4-13(14(18-3)7-16-9)17-8-11-5-15-6-12(11)10(17)2/h4,7,10-12,15H,5-6,8H2,1-3H3. The number of anilines is 1. The first-order valence-electron chi connectivity index (χ1n) is 6.68. The van der Waals surface area contributed by atoms with Gasteiger partial charge in [-0.25, -0.2) is 0 Å². The highest BCUT2D eigenvalue weighted by Crippen LogP contribution is 2.39. The number of aryl methyl sites for hydroxylation is 1. The zero-order valence-corrected chi connectivity index (χ0v) is 11.3. The number of hydrogen-bond donors (Lipinski definition) is 1. The summed E-state index contributed by atoms with van der Waals surface area (Å²) < 4.78 is 5.46. The second kappa shape index (κ2) is 4.43. The lowest BCUT2D eigenvalue weighted by Crippen LogP contribution is -2.33. The van der Waals surface area contributed by atoms with E-state index < -0.39 is 0 Å². The third-order valence-corrected chi connectivity index (χ3v) is 4.45. The molecular formula is C14H21N3O. The van der Waals surface area contributed by atoms with Crippen molar-refractivity contribution in [1.82, 2.24) is 10.3 Å². The van der Waals surface area contributed by atoms with Crippen LogP contribution >= 0.6 is 0 Å². The molecule has 1 aromatic heterocycles. The fourth-order valence-electron chi connectivity index (χ4n) is 3.40. The topological polar surface area (TPSA) is 37.4 Å². The van der Waals surface area contributed by atoms with Crippen molar-refractivity contribution < 1.29 is 4.74 Å². The molecule has 2 saturated heterocycles. The van der Waals surface area contributed by atoms with Gasteiger partial charge in [-0.3, -0.25) is 4.98 Å². The number of pyridine rings is 1. The first-order valence-corrected chi connectivity index (χ1v) is 6.68. The Hall–Kier alpha value is -1.29. The molecule has 2 aliphatic heterocycles. The van der Waals surface area contributed by atoms with Crippen LogP contribution in [0.25, 0.3) is 0 Å². The summed E-state index contributed by atoms with van der Waals surface area (Å²) in [5, 5.41) is 3.50. The normalized spacial score (nSPS) is 30.6. The Kier molecular flexibility index (Phi) is 2.90. The van der Waals surface area contributed by atoms with Gasteiger partial charge in [-0.15, -0.1) is 0 Å². The van der Waals surface area contributed by atoms with E-state index in [2.05, 4.69) is 28.2 Å². The fraction of sp³-hybridized carbons (Fsp3) is 0.643. The van der Waals surface area contributed by atoms with Gasteiger partial charge in [0.1, 0.15) is 0 Å².